The second-order valence-electron chi connectivity index (χ2n) is 2.51. The summed E-state index contributed by atoms with van der Waals surface area (Å²) in [5, 5.41) is 0. The molecule has 1 heterocycles. The average molecular weight is 164 g/mol. The molecule has 12 heavy (non-hydrogen) atoms. The zero-order chi connectivity index (χ0) is 8.97. The molecule has 2 nitrogen and oxygen atoms in total. The first-order valence-corrected chi connectivity index (χ1v) is 3.93. The molecule has 1 aliphatic rings. The predicted octanol–water partition coefficient (Wildman–Crippen LogP) is 1.99. The fourth-order valence-corrected chi connectivity index (χ4v) is 1.26. The Labute approximate surface area is 72.2 Å². The van der Waals surface area contributed by atoms with Crippen molar-refractivity contribution in [3.05, 3.63) is 35.6 Å². The van der Waals surface area contributed by atoms with Gasteiger partial charge in [0.1, 0.15) is 12.0 Å². The van der Waals surface area contributed by atoms with E-state index in [9.17, 15) is 4.79 Å². The van der Waals surface area contributed by atoms with Crippen LogP contribution >= 0.6 is 0 Å². The minimum Gasteiger partial charge on any atom is -0.493 e. The number of carbonyl (C=O) groups excluding carboxylic acids is 1. The maximum Gasteiger partial charge on any atom is 0.150 e. The van der Waals surface area contributed by atoms with E-state index < -0.39 is 0 Å². The molecular formula is C10H12O2. The fraction of sp³-hybridized carbons (Fsp3) is 0.300. The van der Waals surface area contributed by atoms with Crippen molar-refractivity contribution in [1.29, 1.82) is 0 Å². The van der Waals surface area contributed by atoms with Crippen LogP contribution in [-0.2, 0) is 9.53 Å². The molecule has 0 aromatic heterocycles. The number of ether oxygens (including phenoxy) is 1. The van der Waals surface area contributed by atoms with Crippen LogP contribution in [0.25, 0.3) is 0 Å². The number of aldehydes is 1. The van der Waals surface area contributed by atoms with Gasteiger partial charge in [-0.3, -0.25) is 4.79 Å². The predicted molar refractivity (Wildman–Crippen MR) is 47.6 cm³/mol. The minimum absolute atomic E-state index is 0.639. The highest BCUT2D eigenvalue weighted by atomic mass is 16.5. The van der Waals surface area contributed by atoms with Gasteiger partial charge in [-0.05, 0) is 13.0 Å². The zero-order valence-corrected chi connectivity index (χ0v) is 7.17. The van der Waals surface area contributed by atoms with Crippen molar-refractivity contribution >= 4 is 6.29 Å². The van der Waals surface area contributed by atoms with E-state index in [0.717, 1.165) is 24.0 Å². The quantitative estimate of drug-likeness (QED) is 0.461. The summed E-state index contributed by atoms with van der Waals surface area (Å²) >= 11 is 0. The maximum absolute atomic E-state index is 10.6. The van der Waals surface area contributed by atoms with Crippen LogP contribution in [0, 0.1) is 0 Å². The molecule has 2 heteroatoms. The van der Waals surface area contributed by atoms with Gasteiger partial charge in [-0.25, -0.2) is 0 Å². The molecule has 0 amide bonds. The molecule has 0 aromatic carbocycles. The Morgan fingerprint density at radius 3 is 2.92 bits per heavy atom. The monoisotopic (exact) mass is 164 g/mol. The maximum atomic E-state index is 10.6. The van der Waals surface area contributed by atoms with Crippen molar-refractivity contribution in [2.45, 2.75) is 13.3 Å². The molecule has 64 valence electrons. The third-order valence-electron chi connectivity index (χ3n) is 1.86. The highest BCUT2D eigenvalue weighted by molar-refractivity contribution is 5.80. The van der Waals surface area contributed by atoms with E-state index in [1.54, 1.807) is 6.08 Å². The number of allylic oxidation sites excluding steroid dienone is 4. The smallest absolute Gasteiger partial charge is 0.150 e. The average Bonchev–Trinajstić information content (AvgIpc) is 2.55. The molecular weight excluding hydrogens is 152 g/mol. The third-order valence-corrected chi connectivity index (χ3v) is 1.86. The first-order valence-electron chi connectivity index (χ1n) is 3.93. The Bertz CT molecular complexity index is 249. The summed E-state index contributed by atoms with van der Waals surface area (Å²) in [5.74, 6) is 0.817. The van der Waals surface area contributed by atoms with E-state index in [4.69, 9.17) is 4.74 Å². The lowest BCUT2D eigenvalue weighted by Crippen LogP contribution is -1.88. The van der Waals surface area contributed by atoms with Gasteiger partial charge in [0.15, 0.2) is 0 Å². The van der Waals surface area contributed by atoms with Crippen molar-refractivity contribution in [2.75, 3.05) is 6.61 Å². The summed E-state index contributed by atoms with van der Waals surface area (Å²) in [6, 6.07) is 0. The summed E-state index contributed by atoms with van der Waals surface area (Å²) in [6.07, 6.45) is 5.07. The van der Waals surface area contributed by atoms with Gasteiger partial charge in [0.25, 0.3) is 0 Å². The second kappa shape index (κ2) is 3.90. The van der Waals surface area contributed by atoms with Gasteiger partial charge in [-0.1, -0.05) is 12.7 Å². The number of rotatable bonds is 2. The van der Waals surface area contributed by atoms with Gasteiger partial charge in [-0.2, -0.15) is 0 Å². The largest absolute Gasteiger partial charge is 0.493 e. The molecule has 1 fully saturated rings. The normalized spacial score (nSPS) is 23.6. The molecule has 0 radical (unpaired) electrons. The lowest BCUT2D eigenvalue weighted by molar-refractivity contribution is -0.104. The Balaban J connectivity index is 3.06. The van der Waals surface area contributed by atoms with Crippen LogP contribution in [0.3, 0.4) is 0 Å². The molecule has 1 aliphatic heterocycles. The molecule has 0 aromatic rings. The second-order valence-corrected chi connectivity index (χ2v) is 2.51. The van der Waals surface area contributed by atoms with E-state index >= 15 is 0 Å². The van der Waals surface area contributed by atoms with Crippen molar-refractivity contribution in [1.82, 2.24) is 0 Å². The summed E-state index contributed by atoms with van der Waals surface area (Å²) in [4.78, 5) is 10.6. The summed E-state index contributed by atoms with van der Waals surface area (Å²) in [6.45, 7) is 6.14. The number of hydrogen-bond donors (Lipinski definition) is 0. The van der Waals surface area contributed by atoms with Crippen LogP contribution in [0.4, 0.5) is 0 Å². The van der Waals surface area contributed by atoms with Crippen LogP contribution in [0.2, 0.25) is 0 Å². The van der Waals surface area contributed by atoms with E-state index in [-0.39, 0.29) is 0 Å². The lowest BCUT2D eigenvalue weighted by Gasteiger charge is -1.99. The van der Waals surface area contributed by atoms with Crippen LogP contribution in [-0.4, -0.2) is 12.9 Å². The first kappa shape index (κ1) is 8.78. The topological polar surface area (TPSA) is 26.3 Å². The Kier molecular flexibility index (Phi) is 2.86. The van der Waals surface area contributed by atoms with Crippen LogP contribution in [0.5, 0.6) is 0 Å². The number of carbonyl (C=O) groups is 1. The van der Waals surface area contributed by atoms with Crippen LogP contribution in [0.1, 0.15) is 13.3 Å². The third kappa shape index (κ3) is 1.47. The zero-order valence-electron chi connectivity index (χ0n) is 7.17. The summed E-state index contributed by atoms with van der Waals surface area (Å²) in [5.41, 5.74) is 1.61. The fourth-order valence-electron chi connectivity index (χ4n) is 1.26. The van der Waals surface area contributed by atoms with E-state index in [1.807, 2.05) is 13.0 Å². The molecule has 0 unspecified atom stereocenters. The highest BCUT2D eigenvalue weighted by Gasteiger charge is 2.16. The van der Waals surface area contributed by atoms with Gasteiger partial charge in [0.05, 0.1) is 6.61 Å². The molecule has 1 saturated heterocycles. The van der Waals surface area contributed by atoms with Gasteiger partial charge < -0.3 is 4.74 Å². The van der Waals surface area contributed by atoms with E-state index in [0.29, 0.717) is 12.2 Å². The van der Waals surface area contributed by atoms with Crippen LogP contribution < -0.4 is 0 Å². The molecule has 0 aliphatic carbocycles. The van der Waals surface area contributed by atoms with Gasteiger partial charge >= 0.3 is 0 Å². The molecule has 0 spiro atoms. The molecule has 1 rings (SSSR count). The van der Waals surface area contributed by atoms with Crippen molar-refractivity contribution < 1.29 is 9.53 Å². The molecule has 0 bridgehead atoms. The molecule has 0 atom stereocenters. The van der Waals surface area contributed by atoms with Crippen molar-refractivity contribution in [3.63, 3.8) is 0 Å². The Hall–Kier alpha value is -1.31. The van der Waals surface area contributed by atoms with Gasteiger partial charge in [-0.15, -0.1) is 0 Å². The number of hydrogen-bond acceptors (Lipinski definition) is 2. The standard InChI is InChI=1S/C10H12O2/c1-3-8(7-11)9-5-6-12-10(9)4-2/h3-4,7H,1,5-6H2,2H3/b9-8+,10-4+. The molecule has 0 N–H and O–H groups in total. The minimum atomic E-state index is 0.639. The summed E-state index contributed by atoms with van der Waals surface area (Å²) in [7, 11) is 0. The lowest BCUT2D eigenvalue weighted by atomic mass is 10.1. The molecule has 0 saturated carbocycles. The van der Waals surface area contributed by atoms with Gasteiger partial charge in [0.2, 0.25) is 0 Å². The van der Waals surface area contributed by atoms with Crippen molar-refractivity contribution in [2.24, 2.45) is 0 Å². The Morgan fingerprint density at radius 1 is 1.67 bits per heavy atom. The Morgan fingerprint density at radius 2 is 2.42 bits per heavy atom. The highest BCUT2D eigenvalue weighted by Crippen LogP contribution is 2.26. The van der Waals surface area contributed by atoms with Crippen LogP contribution in [0.15, 0.2) is 35.6 Å². The van der Waals surface area contributed by atoms with Crippen molar-refractivity contribution in [3.8, 4) is 0 Å². The van der Waals surface area contributed by atoms with E-state index in [1.165, 1.54) is 0 Å². The SMILES string of the molecule is C=C/C(C=O)=C1/CCO/C1=C/C. The van der Waals surface area contributed by atoms with Gasteiger partial charge in [0, 0.05) is 17.6 Å². The summed E-state index contributed by atoms with van der Waals surface area (Å²) < 4.78 is 5.30. The van der Waals surface area contributed by atoms with E-state index in [2.05, 4.69) is 6.58 Å². The first-order chi connectivity index (χ1) is 5.83.